The van der Waals surface area contributed by atoms with Crippen molar-refractivity contribution >= 4 is 17.2 Å². The molecule has 0 bridgehead atoms. The molecule has 0 saturated heterocycles. The Kier molecular flexibility index (Phi) is 3.51. The molecule has 0 saturated carbocycles. The van der Waals surface area contributed by atoms with E-state index in [1.165, 1.54) is 5.01 Å². The van der Waals surface area contributed by atoms with Gasteiger partial charge in [0.05, 0.1) is 17.2 Å². The van der Waals surface area contributed by atoms with Crippen molar-refractivity contribution in [2.24, 2.45) is 0 Å². The first-order chi connectivity index (χ1) is 7.78. The summed E-state index contributed by atoms with van der Waals surface area (Å²) in [6.45, 7) is 4.86. The standard InChI is InChI=1S/C12H15N3S/c1-3-12-15-10(8-16-12)7-13-11-6-4-5-9(2)14-11/h4-6,8H,3,7H2,1-2H3,(H,13,14). The smallest absolute Gasteiger partial charge is 0.126 e. The molecule has 0 unspecified atom stereocenters. The van der Waals surface area contributed by atoms with Crippen molar-refractivity contribution < 1.29 is 0 Å². The molecule has 0 radical (unpaired) electrons. The first kappa shape index (κ1) is 11.1. The number of aryl methyl sites for hydroxylation is 2. The average molecular weight is 233 g/mol. The monoisotopic (exact) mass is 233 g/mol. The van der Waals surface area contributed by atoms with Gasteiger partial charge in [-0.1, -0.05) is 13.0 Å². The van der Waals surface area contributed by atoms with Crippen LogP contribution in [0.5, 0.6) is 0 Å². The van der Waals surface area contributed by atoms with Crippen molar-refractivity contribution in [3.8, 4) is 0 Å². The number of hydrogen-bond donors (Lipinski definition) is 1. The van der Waals surface area contributed by atoms with Crippen LogP contribution < -0.4 is 5.32 Å². The number of aromatic nitrogens is 2. The lowest BCUT2D eigenvalue weighted by Gasteiger charge is -2.03. The maximum absolute atomic E-state index is 4.49. The Labute approximate surface area is 99.6 Å². The van der Waals surface area contributed by atoms with Crippen LogP contribution in [-0.4, -0.2) is 9.97 Å². The molecule has 0 fully saturated rings. The molecule has 2 heterocycles. The number of rotatable bonds is 4. The summed E-state index contributed by atoms with van der Waals surface area (Å²) < 4.78 is 0. The highest BCUT2D eigenvalue weighted by atomic mass is 32.1. The highest BCUT2D eigenvalue weighted by Gasteiger charge is 2.00. The molecule has 3 nitrogen and oxygen atoms in total. The molecular formula is C12H15N3S. The molecule has 0 aliphatic heterocycles. The average Bonchev–Trinajstić information content (AvgIpc) is 2.74. The highest BCUT2D eigenvalue weighted by molar-refractivity contribution is 7.09. The lowest BCUT2D eigenvalue weighted by Crippen LogP contribution is -2.02. The second-order valence-electron chi connectivity index (χ2n) is 3.60. The largest absolute Gasteiger partial charge is 0.364 e. The van der Waals surface area contributed by atoms with E-state index in [2.05, 4.69) is 27.6 Å². The summed E-state index contributed by atoms with van der Waals surface area (Å²) in [7, 11) is 0. The molecule has 4 heteroatoms. The number of pyridine rings is 1. The van der Waals surface area contributed by atoms with E-state index >= 15 is 0 Å². The zero-order chi connectivity index (χ0) is 11.4. The summed E-state index contributed by atoms with van der Waals surface area (Å²) in [6.07, 6.45) is 1.01. The maximum atomic E-state index is 4.49. The molecule has 2 aromatic rings. The third-order valence-electron chi connectivity index (χ3n) is 2.24. The van der Waals surface area contributed by atoms with Gasteiger partial charge >= 0.3 is 0 Å². The lowest BCUT2D eigenvalue weighted by atomic mass is 10.3. The molecule has 0 amide bonds. The van der Waals surface area contributed by atoms with Gasteiger partial charge in [0.25, 0.3) is 0 Å². The molecule has 0 aromatic carbocycles. The minimum Gasteiger partial charge on any atom is -0.364 e. The predicted octanol–water partition coefficient (Wildman–Crippen LogP) is 3.02. The van der Waals surface area contributed by atoms with E-state index < -0.39 is 0 Å². The van der Waals surface area contributed by atoms with Gasteiger partial charge in [0.15, 0.2) is 0 Å². The molecule has 0 spiro atoms. The second kappa shape index (κ2) is 5.07. The zero-order valence-corrected chi connectivity index (χ0v) is 10.3. The minimum atomic E-state index is 0.743. The van der Waals surface area contributed by atoms with Gasteiger partial charge in [0, 0.05) is 11.1 Å². The fourth-order valence-corrected chi connectivity index (χ4v) is 2.16. The van der Waals surface area contributed by atoms with Crippen molar-refractivity contribution in [3.05, 3.63) is 40.0 Å². The summed E-state index contributed by atoms with van der Waals surface area (Å²) in [5.41, 5.74) is 2.11. The number of anilines is 1. The van der Waals surface area contributed by atoms with E-state index in [0.717, 1.165) is 30.2 Å². The van der Waals surface area contributed by atoms with Crippen LogP contribution in [-0.2, 0) is 13.0 Å². The van der Waals surface area contributed by atoms with E-state index in [9.17, 15) is 0 Å². The number of nitrogens with one attached hydrogen (secondary N) is 1. The minimum absolute atomic E-state index is 0.743. The number of hydrogen-bond acceptors (Lipinski definition) is 4. The van der Waals surface area contributed by atoms with E-state index in [0.29, 0.717) is 0 Å². The van der Waals surface area contributed by atoms with Gasteiger partial charge in [0.1, 0.15) is 5.82 Å². The lowest BCUT2D eigenvalue weighted by molar-refractivity contribution is 0.998. The molecular weight excluding hydrogens is 218 g/mol. The second-order valence-corrected chi connectivity index (χ2v) is 4.55. The third-order valence-corrected chi connectivity index (χ3v) is 3.28. The fourth-order valence-electron chi connectivity index (χ4n) is 1.42. The molecule has 2 aromatic heterocycles. The van der Waals surface area contributed by atoms with Crippen LogP contribution >= 0.6 is 11.3 Å². The van der Waals surface area contributed by atoms with Crippen molar-refractivity contribution in [1.29, 1.82) is 0 Å². The van der Waals surface area contributed by atoms with Gasteiger partial charge in [-0.15, -0.1) is 11.3 Å². The van der Waals surface area contributed by atoms with Crippen LogP contribution in [0.3, 0.4) is 0 Å². The van der Waals surface area contributed by atoms with Gasteiger partial charge in [0.2, 0.25) is 0 Å². The Morgan fingerprint density at radius 3 is 2.88 bits per heavy atom. The van der Waals surface area contributed by atoms with Crippen molar-refractivity contribution in [1.82, 2.24) is 9.97 Å². The molecule has 16 heavy (non-hydrogen) atoms. The predicted molar refractivity (Wildman–Crippen MR) is 67.8 cm³/mol. The first-order valence-corrected chi connectivity index (χ1v) is 6.26. The molecule has 0 aliphatic carbocycles. The van der Waals surface area contributed by atoms with Gasteiger partial charge in [-0.05, 0) is 25.5 Å². The van der Waals surface area contributed by atoms with Crippen molar-refractivity contribution in [2.75, 3.05) is 5.32 Å². The molecule has 0 atom stereocenters. The maximum Gasteiger partial charge on any atom is 0.126 e. The number of thiazole rings is 1. The van der Waals surface area contributed by atoms with Crippen LogP contribution in [0.25, 0.3) is 0 Å². The van der Waals surface area contributed by atoms with Crippen molar-refractivity contribution in [2.45, 2.75) is 26.8 Å². The Hall–Kier alpha value is -1.42. The van der Waals surface area contributed by atoms with Crippen LogP contribution in [0.4, 0.5) is 5.82 Å². The zero-order valence-electron chi connectivity index (χ0n) is 9.53. The van der Waals surface area contributed by atoms with Crippen LogP contribution in [0.1, 0.15) is 23.3 Å². The summed E-state index contributed by atoms with van der Waals surface area (Å²) in [5, 5.41) is 6.56. The summed E-state index contributed by atoms with van der Waals surface area (Å²) >= 11 is 1.72. The van der Waals surface area contributed by atoms with E-state index in [1.807, 2.05) is 25.1 Å². The Bertz CT molecular complexity index is 465. The van der Waals surface area contributed by atoms with Crippen LogP contribution in [0, 0.1) is 6.92 Å². The first-order valence-electron chi connectivity index (χ1n) is 5.38. The van der Waals surface area contributed by atoms with E-state index in [-0.39, 0.29) is 0 Å². The Morgan fingerprint density at radius 1 is 1.31 bits per heavy atom. The number of nitrogens with zero attached hydrogens (tertiary/aromatic N) is 2. The van der Waals surface area contributed by atoms with E-state index in [1.54, 1.807) is 11.3 Å². The fraction of sp³-hybridized carbons (Fsp3) is 0.333. The molecule has 1 N–H and O–H groups in total. The Morgan fingerprint density at radius 2 is 2.19 bits per heavy atom. The van der Waals surface area contributed by atoms with E-state index in [4.69, 9.17) is 0 Å². The highest BCUT2D eigenvalue weighted by Crippen LogP contribution is 2.12. The van der Waals surface area contributed by atoms with Gasteiger partial charge in [-0.25, -0.2) is 9.97 Å². The third kappa shape index (κ3) is 2.79. The summed E-state index contributed by atoms with van der Waals surface area (Å²) in [5.74, 6) is 0.908. The topological polar surface area (TPSA) is 37.8 Å². The summed E-state index contributed by atoms with van der Waals surface area (Å²) in [4.78, 5) is 8.87. The molecule has 84 valence electrons. The SMILES string of the molecule is CCc1nc(CNc2cccc(C)n2)cs1. The van der Waals surface area contributed by atoms with Gasteiger partial charge in [-0.3, -0.25) is 0 Å². The van der Waals surface area contributed by atoms with Crippen molar-refractivity contribution in [3.63, 3.8) is 0 Å². The normalized spacial score (nSPS) is 10.4. The Balaban J connectivity index is 1.96. The van der Waals surface area contributed by atoms with Gasteiger partial charge in [-0.2, -0.15) is 0 Å². The van der Waals surface area contributed by atoms with Gasteiger partial charge < -0.3 is 5.32 Å². The quantitative estimate of drug-likeness (QED) is 0.882. The summed E-state index contributed by atoms with van der Waals surface area (Å²) in [6, 6.07) is 5.96. The van der Waals surface area contributed by atoms with Crippen LogP contribution in [0.15, 0.2) is 23.6 Å². The van der Waals surface area contributed by atoms with Crippen LogP contribution in [0.2, 0.25) is 0 Å². The molecule has 2 rings (SSSR count). The molecule has 0 aliphatic rings.